The Morgan fingerprint density at radius 2 is 2.21 bits per heavy atom. The second-order valence-corrected chi connectivity index (χ2v) is 4.94. The molecule has 14 heavy (non-hydrogen) atoms. The third-order valence-corrected chi connectivity index (χ3v) is 3.78. The maximum Gasteiger partial charge on any atom is 0.144 e. The Bertz CT molecular complexity index is 288. The Hall–Kier alpha value is -0.440. The van der Waals surface area contributed by atoms with E-state index in [1.54, 1.807) is 12.3 Å². The third kappa shape index (κ3) is 3.37. The van der Waals surface area contributed by atoms with Crippen LogP contribution in [0, 0.1) is 11.7 Å². The minimum absolute atomic E-state index is 0.198. The highest BCUT2D eigenvalue weighted by Gasteiger charge is 2.10. The predicted octanol–water partition coefficient (Wildman–Crippen LogP) is 3.57. The Labute approximate surface area is 92.9 Å². The first-order chi connectivity index (χ1) is 6.61. The minimum atomic E-state index is -0.198. The Kier molecular flexibility index (Phi) is 4.52. The fourth-order valence-electron chi connectivity index (χ4n) is 1.23. The van der Waals surface area contributed by atoms with Gasteiger partial charge in [-0.3, -0.25) is 4.98 Å². The van der Waals surface area contributed by atoms with Gasteiger partial charge in [-0.2, -0.15) is 0 Å². The molecule has 0 saturated carbocycles. The summed E-state index contributed by atoms with van der Waals surface area (Å²) in [4.78, 5) is 4.17. The van der Waals surface area contributed by atoms with Crippen LogP contribution in [0.1, 0.15) is 25.8 Å². The van der Waals surface area contributed by atoms with Gasteiger partial charge in [0.05, 0.1) is 6.20 Å². The van der Waals surface area contributed by atoms with Crippen LogP contribution in [0.3, 0.4) is 0 Å². The first-order valence-electron chi connectivity index (χ1n) is 4.83. The fourth-order valence-corrected chi connectivity index (χ4v) is 1.46. The zero-order chi connectivity index (χ0) is 10.6. The van der Waals surface area contributed by atoms with E-state index in [0.29, 0.717) is 10.7 Å². The first kappa shape index (κ1) is 11.6. The molecule has 0 amide bonds. The molecule has 0 aliphatic rings. The summed E-state index contributed by atoms with van der Waals surface area (Å²) in [6.07, 6.45) is 4.63. The van der Waals surface area contributed by atoms with Crippen molar-refractivity contribution in [3.05, 3.63) is 29.8 Å². The monoisotopic (exact) mass is 259 g/mol. The molecule has 0 spiro atoms. The standard InChI is InChI=1S/C11H15BrFN/c1-8(2)10(12)4-3-9-5-6-14-7-11(9)13/h5-8,10H,3-4H2,1-2H3. The van der Waals surface area contributed by atoms with Crippen LogP contribution in [0.2, 0.25) is 0 Å². The molecule has 1 aromatic rings. The lowest BCUT2D eigenvalue weighted by atomic mass is 10.0. The molecule has 0 fully saturated rings. The van der Waals surface area contributed by atoms with Crippen molar-refractivity contribution in [3.63, 3.8) is 0 Å². The first-order valence-corrected chi connectivity index (χ1v) is 5.75. The van der Waals surface area contributed by atoms with Gasteiger partial charge in [0.25, 0.3) is 0 Å². The highest BCUT2D eigenvalue weighted by Crippen LogP contribution is 2.19. The molecule has 0 aromatic carbocycles. The summed E-state index contributed by atoms with van der Waals surface area (Å²) < 4.78 is 13.2. The van der Waals surface area contributed by atoms with Gasteiger partial charge in [-0.1, -0.05) is 29.8 Å². The molecule has 0 bridgehead atoms. The molecule has 0 radical (unpaired) electrons. The van der Waals surface area contributed by atoms with E-state index in [4.69, 9.17) is 0 Å². The smallest absolute Gasteiger partial charge is 0.144 e. The van der Waals surface area contributed by atoms with Gasteiger partial charge in [0.1, 0.15) is 5.82 Å². The van der Waals surface area contributed by atoms with Crippen LogP contribution in [0.5, 0.6) is 0 Å². The molecule has 0 N–H and O–H groups in total. The Morgan fingerprint density at radius 3 is 2.79 bits per heavy atom. The van der Waals surface area contributed by atoms with E-state index in [9.17, 15) is 4.39 Å². The van der Waals surface area contributed by atoms with E-state index < -0.39 is 0 Å². The average Bonchev–Trinajstić information content (AvgIpc) is 2.16. The lowest BCUT2D eigenvalue weighted by molar-refractivity contribution is 0.560. The largest absolute Gasteiger partial charge is 0.262 e. The highest BCUT2D eigenvalue weighted by molar-refractivity contribution is 9.09. The summed E-state index contributed by atoms with van der Waals surface area (Å²) in [5.41, 5.74) is 0.755. The van der Waals surface area contributed by atoms with Gasteiger partial charge in [-0.25, -0.2) is 4.39 Å². The van der Waals surface area contributed by atoms with Crippen molar-refractivity contribution in [1.29, 1.82) is 0 Å². The number of nitrogens with zero attached hydrogens (tertiary/aromatic N) is 1. The van der Waals surface area contributed by atoms with E-state index in [-0.39, 0.29) is 5.82 Å². The maximum absolute atomic E-state index is 13.2. The molecule has 1 atom stereocenters. The lowest BCUT2D eigenvalue weighted by Gasteiger charge is -2.13. The molecular weight excluding hydrogens is 245 g/mol. The summed E-state index contributed by atoms with van der Waals surface area (Å²) in [6, 6.07) is 1.75. The third-order valence-electron chi connectivity index (χ3n) is 2.27. The van der Waals surface area contributed by atoms with Gasteiger partial charge in [0, 0.05) is 11.0 Å². The number of aryl methyl sites for hydroxylation is 1. The van der Waals surface area contributed by atoms with Crippen LogP contribution in [0.15, 0.2) is 18.5 Å². The van der Waals surface area contributed by atoms with Gasteiger partial charge in [0.15, 0.2) is 0 Å². The predicted molar refractivity (Wildman–Crippen MR) is 60.1 cm³/mol. The van der Waals surface area contributed by atoms with Crippen molar-refractivity contribution in [2.75, 3.05) is 0 Å². The molecule has 1 heterocycles. The van der Waals surface area contributed by atoms with Crippen molar-refractivity contribution >= 4 is 15.9 Å². The van der Waals surface area contributed by atoms with E-state index in [2.05, 4.69) is 34.8 Å². The van der Waals surface area contributed by atoms with Crippen molar-refractivity contribution in [1.82, 2.24) is 4.98 Å². The number of pyridine rings is 1. The molecule has 0 aliphatic heterocycles. The molecule has 1 rings (SSSR count). The van der Waals surface area contributed by atoms with Gasteiger partial charge >= 0.3 is 0 Å². The Balaban J connectivity index is 2.50. The summed E-state index contributed by atoms with van der Waals surface area (Å²) >= 11 is 3.59. The molecule has 78 valence electrons. The number of hydrogen-bond acceptors (Lipinski definition) is 1. The summed E-state index contributed by atoms with van der Waals surface area (Å²) in [7, 11) is 0. The number of halogens is 2. The molecule has 0 aliphatic carbocycles. The number of aromatic nitrogens is 1. The average molecular weight is 260 g/mol. The van der Waals surface area contributed by atoms with Crippen molar-refractivity contribution in [2.45, 2.75) is 31.5 Å². The molecule has 3 heteroatoms. The zero-order valence-electron chi connectivity index (χ0n) is 8.50. The highest BCUT2D eigenvalue weighted by atomic mass is 79.9. The molecule has 1 nitrogen and oxygen atoms in total. The van der Waals surface area contributed by atoms with Gasteiger partial charge in [-0.15, -0.1) is 0 Å². The quantitative estimate of drug-likeness (QED) is 0.754. The van der Waals surface area contributed by atoms with Gasteiger partial charge in [-0.05, 0) is 30.4 Å². The molecule has 1 unspecified atom stereocenters. The number of hydrogen-bond donors (Lipinski definition) is 0. The van der Waals surface area contributed by atoms with Crippen molar-refractivity contribution in [2.24, 2.45) is 5.92 Å². The number of rotatable bonds is 4. The molecule has 0 saturated heterocycles. The SMILES string of the molecule is CC(C)C(Br)CCc1ccncc1F. The van der Waals surface area contributed by atoms with Crippen LogP contribution in [-0.4, -0.2) is 9.81 Å². The van der Waals surface area contributed by atoms with E-state index >= 15 is 0 Å². The van der Waals surface area contributed by atoms with Crippen LogP contribution in [0.25, 0.3) is 0 Å². The van der Waals surface area contributed by atoms with Crippen LogP contribution < -0.4 is 0 Å². The van der Waals surface area contributed by atoms with Gasteiger partial charge < -0.3 is 0 Å². The van der Waals surface area contributed by atoms with E-state index in [1.165, 1.54) is 6.20 Å². The number of alkyl halides is 1. The van der Waals surface area contributed by atoms with Gasteiger partial charge in [0.2, 0.25) is 0 Å². The molecule has 1 aromatic heterocycles. The van der Waals surface area contributed by atoms with Crippen molar-refractivity contribution < 1.29 is 4.39 Å². The van der Waals surface area contributed by atoms with E-state index in [0.717, 1.165) is 18.4 Å². The fraction of sp³-hybridized carbons (Fsp3) is 0.545. The van der Waals surface area contributed by atoms with Crippen LogP contribution >= 0.6 is 15.9 Å². The van der Waals surface area contributed by atoms with E-state index in [1.807, 2.05) is 0 Å². The summed E-state index contributed by atoms with van der Waals surface area (Å²) in [6.45, 7) is 4.31. The second kappa shape index (κ2) is 5.44. The topological polar surface area (TPSA) is 12.9 Å². The van der Waals surface area contributed by atoms with Crippen molar-refractivity contribution in [3.8, 4) is 0 Å². The van der Waals surface area contributed by atoms with Crippen LogP contribution in [-0.2, 0) is 6.42 Å². The summed E-state index contributed by atoms with van der Waals surface area (Å²) in [5, 5.41) is 0. The summed E-state index contributed by atoms with van der Waals surface area (Å²) in [5.74, 6) is 0.385. The molecular formula is C11H15BrFN. The maximum atomic E-state index is 13.2. The lowest BCUT2D eigenvalue weighted by Crippen LogP contribution is -2.08. The zero-order valence-corrected chi connectivity index (χ0v) is 10.1. The normalized spacial score (nSPS) is 13.2. The van der Waals surface area contributed by atoms with Crippen LogP contribution in [0.4, 0.5) is 4.39 Å². The second-order valence-electron chi connectivity index (χ2n) is 3.77. The Morgan fingerprint density at radius 1 is 1.50 bits per heavy atom. The minimum Gasteiger partial charge on any atom is -0.262 e.